The topological polar surface area (TPSA) is 13.1 Å². The molecule has 0 atom stereocenters. The first-order valence-corrected chi connectivity index (χ1v) is 1.40. The molecule has 0 aliphatic rings. The van der Waals surface area contributed by atoms with Crippen molar-refractivity contribution in [2.45, 2.75) is 0 Å². The van der Waals surface area contributed by atoms with Gasteiger partial charge in [0.2, 0.25) is 0 Å². The molecule has 0 spiro atoms. The molecule has 1 heterocycles. The van der Waals surface area contributed by atoms with Crippen LogP contribution in [0.25, 0.3) is 0 Å². The first-order valence-electron chi connectivity index (χ1n) is 1.40. The first-order chi connectivity index (χ1) is 2.50. The molecule has 0 fully saturated rings. The number of halogens is 1. The van der Waals surface area contributed by atoms with Crippen LogP contribution in [0.2, 0.25) is 0 Å². The van der Waals surface area contributed by atoms with Crippen molar-refractivity contribution in [2.75, 3.05) is 0 Å². The Hall–Kier alpha value is 0.383. The fraction of sp³-hybridized carbons (Fsp3) is 0. The van der Waals surface area contributed by atoms with E-state index >= 15 is 0 Å². The van der Waals surface area contributed by atoms with Crippen LogP contribution in [0.3, 0.4) is 0 Å². The summed E-state index contributed by atoms with van der Waals surface area (Å²) in [5, 5.41) is 0. The Balaban J connectivity index is 0. The molecule has 3 heteroatoms. The van der Waals surface area contributed by atoms with Crippen LogP contribution in [0.1, 0.15) is 0 Å². The van der Waals surface area contributed by atoms with Gasteiger partial charge in [-0.1, -0.05) is 0 Å². The van der Waals surface area contributed by atoms with E-state index < -0.39 is 0 Å². The van der Waals surface area contributed by atoms with Gasteiger partial charge in [0.25, 0.3) is 0 Å². The summed E-state index contributed by atoms with van der Waals surface area (Å²) in [6.07, 6.45) is 4.06. The van der Waals surface area contributed by atoms with E-state index in [0.717, 1.165) is 0 Å². The van der Waals surface area contributed by atoms with Gasteiger partial charge in [-0.3, -0.25) is 0 Å². The van der Waals surface area contributed by atoms with Gasteiger partial charge in [-0.25, -0.2) is 0 Å². The van der Waals surface area contributed by atoms with Gasteiger partial charge in [0, 0.05) is 19.5 Å². The molecule has 0 N–H and O–H groups in total. The van der Waals surface area contributed by atoms with E-state index in [4.69, 9.17) is 0 Å². The summed E-state index contributed by atoms with van der Waals surface area (Å²) in [6, 6.07) is 3.49. The summed E-state index contributed by atoms with van der Waals surface area (Å²) in [5.41, 5.74) is 0. The molecular weight excluding hydrogens is 209 g/mol. The van der Waals surface area contributed by atoms with Crippen molar-refractivity contribution in [2.24, 2.45) is 0 Å². The monoisotopic (exact) mass is 210 g/mol. The Labute approximate surface area is 65.6 Å². The van der Waals surface area contributed by atoms with E-state index in [-0.39, 0.29) is 36.5 Å². The molecule has 0 unspecified atom stereocenters. The van der Waals surface area contributed by atoms with Crippen LogP contribution >= 0.6 is 0 Å². The second-order valence-electron chi connectivity index (χ2n) is 0.731. The third-order valence-electron chi connectivity index (χ3n) is 0.379. The maximum absolute atomic E-state index is 4.46. The molecule has 0 amide bonds. The van der Waals surface area contributed by atoms with Crippen LogP contribution < -0.4 is 17.0 Å². The zero-order valence-corrected chi connectivity index (χ0v) is 8.28. The maximum Gasteiger partial charge on any atom is 0.169 e. The number of hydrogen-bond acceptors (Lipinski definition) is 1. The third-order valence-corrected chi connectivity index (χ3v) is 0.379. The van der Waals surface area contributed by atoms with Gasteiger partial charge in [0.1, 0.15) is 0 Å². The Morgan fingerprint density at radius 2 is 2.14 bits per heavy atom. The van der Waals surface area contributed by atoms with Crippen LogP contribution in [0.4, 0.5) is 0 Å². The van der Waals surface area contributed by atoms with Crippen LogP contribution in [0.5, 0.6) is 0 Å². The summed E-state index contributed by atoms with van der Waals surface area (Å²) in [7, 11) is 0. The molecule has 1 aromatic heterocycles. The molecule has 1 nitrogen and oxygen atoms in total. The second kappa shape index (κ2) is 6.38. The molecule has 0 aliphatic carbocycles. The van der Waals surface area contributed by atoms with Crippen LogP contribution in [0, 0.1) is 6.26 Å². The van der Waals surface area contributed by atoms with Crippen molar-refractivity contribution in [3.63, 3.8) is 0 Å². The van der Waals surface area contributed by atoms with E-state index in [1.165, 1.54) is 0 Å². The molecule has 1 rings (SSSR count). The fourth-order valence-corrected chi connectivity index (χ4v) is 0.196. The maximum atomic E-state index is 4.46. The number of hydrogen-bond donors (Lipinski definition) is 0. The molecule has 0 aromatic carbocycles. The molecule has 1 radical (unpaired) electrons. The normalized spacial score (nSPS) is 5.71. The van der Waals surface area contributed by atoms with Crippen molar-refractivity contribution in [3.05, 3.63) is 24.7 Å². The van der Waals surface area contributed by atoms with Gasteiger partial charge in [0.05, 0.1) is 6.26 Å². The summed E-state index contributed by atoms with van der Waals surface area (Å²) < 4.78 is 4.46. The third kappa shape index (κ3) is 4.23. The van der Waals surface area contributed by atoms with Gasteiger partial charge >= 0.3 is 0 Å². The van der Waals surface area contributed by atoms with Gasteiger partial charge < -0.3 is 21.4 Å². The number of furan rings is 1. The summed E-state index contributed by atoms with van der Waals surface area (Å²) in [6.45, 7) is 0. The first kappa shape index (κ1) is 10.4. The largest absolute Gasteiger partial charge is 1.00 e. The van der Waals surface area contributed by atoms with E-state index in [2.05, 4.69) is 10.7 Å². The molecule has 1 aromatic rings. The van der Waals surface area contributed by atoms with E-state index in [1.807, 2.05) is 0 Å². The zero-order valence-electron chi connectivity index (χ0n) is 3.73. The van der Waals surface area contributed by atoms with Gasteiger partial charge in [-0.05, 0) is 12.1 Å². The van der Waals surface area contributed by atoms with Crippen molar-refractivity contribution < 1.29 is 40.9 Å². The van der Waals surface area contributed by atoms with Crippen LogP contribution in [0.15, 0.2) is 22.8 Å². The van der Waals surface area contributed by atoms with E-state index in [1.54, 1.807) is 18.4 Å². The Morgan fingerprint density at radius 1 is 1.43 bits per heavy atom. The Bertz CT molecular complexity index is 68.2. The van der Waals surface area contributed by atoms with Crippen LogP contribution in [-0.2, 0) is 19.5 Å². The molecule has 35 valence electrons. The van der Waals surface area contributed by atoms with Crippen molar-refractivity contribution in [3.8, 4) is 0 Å². The fourth-order valence-electron chi connectivity index (χ4n) is 0.196. The Kier molecular flexibility index (Phi) is 9.47. The minimum Gasteiger partial charge on any atom is -1.00 e. The van der Waals surface area contributed by atoms with Crippen molar-refractivity contribution in [1.82, 2.24) is 0 Å². The van der Waals surface area contributed by atoms with Gasteiger partial charge in [-0.15, -0.1) is 0 Å². The van der Waals surface area contributed by atoms with Gasteiger partial charge in [0.15, 0.2) is 6.26 Å². The van der Waals surface area contributed by atoms with E-state index in [0.29, 0.717) is 0 Å². The molecule has 0 saturated heterocycles. The predicted molar refractivity (Wildman–Crippen MR) is 17.5 cm³/mol. The predicted octanol–water partition coefficient (Wildman–Crippen LogP) is -1.92. The smallest absolute Gasteiger partial charge is 0.169 e. The zero-order chi connectivity index (χ0) is 3.54. The van der Waals surface area contributed by atoms with Crippen molar-refractivity contribution >= 4 is 0 Å². The average Bonchev–Trinajstić information content (AvgIpc) is 1.76. The minimum absolute atomic E-state index is 0. The van der Waals surface area contributed by atoms with Crippen molar-refractivity contribution in [1.29, 1.82) is 0 Å². The van der Waals surface area contributed by atoms with Crippen LogP contribution in [-0.4, -0.2) is 0 Å². The molecule has 7 heavy (non-hydrogen) atoms. The Morgan fingerprint density at radius 3 is 2.29 bits per heavy atom. The van der Waals surface area contributed by atoms with E-state index in [9.17, 15) is 0 Å². The molecular formula is C4H3BrOZn-. The second-order valence-corrected chi connectivity index (χ2v) is 0.731. The summed E-state index contributed by atoms with van der Waals surface area (Å²) in [4.78, 5) is 0. The molecule has 0 saturated carbocycles. The molecule has 0 bridgehead atoms. The standard InChI is InChI=1S/C4H3O.BrH.Zn/c1-2-4-5-3-1;;/h1-3H;1H;/p-1. The van der Waals surface area contributed by atoms with Gasteiger partial charge in [-0.2, -0.15) is 0 Å². The average molecular weight is 212 g/mol. The summed E-state index contributed by atoms with van der Waals surface area (Å²) >= 11 is 0. The molecule has 0 aliphatic heterocycles. The minimum atomic E-state index is 0. The quantitative estimate of drug-likeness (QED) is 0.457. The SMILES string of the molecule is [Br-].[Zn].[c]1ccco1. The number of rotatable bonds is 0. The summed E-state index contributed by atoms with van der Waals surface area (Å²) in [5.74, 6) is 0.